The minimum atomic E-state index is -1.35. The molecule has 2 N–H and O–H groups in total. The van der Waals surface area contributed by atoms with E-state index in [2.05, 4.69) is 10.5 Å². The number of carboxylic acid groups (broad SMARTS) is 1. The monoisotopic (exact) mass is 358 g/mol. The van der Waals surface area contributed by atoms with Gasteiger partial charge in [-0.2, -0.15) is 15.6 Å². The lowest BCUT2D eigenvalue weighted by molar-refractivity contribution is 0.0697. The summed E-state index contributed by atoms with van der Waals surface area (Å²) in [5, 5.41) is 29.1. The fourth-order valence-corrected chi connectivity index (χ4v) is 1.47. The standard InChI is InChI=1S/C10H4FIN4O2/c11-8-7(12)2-1-6(10(17)18)9(8)16-15-5(3-13)4-14/h1-2,16H,(H,17,18). The molecule has 0 aliphatic carbocycles. The summed E-state index contributed by atoms with van der Waals surface area (Å²) in [5.74, 6) is -2.16. The SMILES string of the molecule is N#CC(C#N)=NNc1c(C(=O)O)ccc(I)c1F. The Balaban J connectivity index is 3.28. The molecular weight excluding hydrogens is 354 g/mol. The summed E-state index contributed by atoms with van der Waals surface area (Å²) in [6, 6.07) is 5.41. The number of nitriles is 2. The maximum Gasteiger partial charge on any atom is 0.337 e. The van der Waals surface area contributed by atoms with E-state index in [-0.39, 0.29) is 9.13 Å². The summed E-state index contributed by atoms with van der Waals surface area (Å²) in [7, 11) is 0. The Morgan fingerprint density at radius 1 is 1.44 bits per heavy atom. The molecule has 18 heavy (non-hydrogen) atoms. The lowest BCUT2D eigenvalue weighted by Crippen LogP contribution is -2.07. The smallest absolute Gasteiger partial charge is 0.337 e. The Morgan fingerprint density at radius 3 is 2.56 bits per heavy atom. The highest BCUT2D eigenvalue weighted by atomic mass is 127. The highest BCUT2D eigenvalue weighted by molar-refractivity contribution is 14.1. The molecule has 0 atom stereocenters. The van der Waals surface area contributed by atoms with Gasteiger partial charge in [0.15, 0.2) is 5.82 Å². The predicted octanol–water partition coefficient (Wildman–Crippen LogP) is 1.94. The van der Waals surface area contributed by atoms with Crippen LogP contribution < -0.4 is 5.43 Å². The van der Waals surface area contributed by atoms with Crippen LogP contribution in [-0.4, -0.2) is 16.8 Å². The zero-order valence-corrected chi connectivity index (χ0v) is 10.8. The van der Waals surface area contributed by atoms with Gasteiger partial charge in [0, 0.05) is 0 Å². The quantitative estimate of drug-likeness (QED) is 0.488. The Morgan fingerprint density at radius 2 is 2.06 bits per heavy atom. The van der Waals surface area contributed by atoms with E-state index in [1.807, 2.05) is 0 Å². The van der Waals surface area contributed by atoms with Gasteiger partial charge in [0.25, 0.3) is 0 Å². The van der Waals surface area contributed by atoms with Gasteiger partial charge < -0.3 is 5.11 Å². The second-order valence-electron chi connectivity index (χ2n) is 2.88. The number of hydrogen-bond acceptors (Lipinski definition) is 5. The van der Waals surface area contributed by atoms with Crippen LogP contribution in [0, 0.1) is 32.0 Å². The van der Waals surface area contributed by atoms with Crippen LogP contribution in [0.2, 0.25) is 0 Å². The third-order valence-corrected chi connectivity index (χ3v) is 2.65. The predicted molar refractivity (Wildman–Crippen MR) is 68.4 cm³/mol. The average Bonchev–Trinajstić information content (AvgIpc) is 2.35. The Bertz CT molecular complexity index is 600. The first kappa shape index (κ1) is 13.9. The second-order valence-corrected chi connectivity index (χ2v) is 4.05. The Kier molecular flexibility index (Phi) is 4.57. The van der Waals surface area contributed by atoms with Crippen molar-refractivity contribution < 1.29 is 14.3 Å². The van der Waals surface area contributed by atoms with Crippen molar-refractivity contribution in [3.05, 3.63) is 27.1 Å². The van der Waals surface area contributed by atoms with Gasteiger partial charge >= 0.3 is 5.97 Å². The van der Waals surface area contributed by atoms with Crippen LogP contribution in [-0.2, 0) is 0 Å². The van der Waals surface area contributed by atoms with Gasteiger partial charge in [-0.3, -0.25) is 5.43 Å². The van der Waals surface area contributed by atoms with Crippen molar-refractivity contribution in [1.82, 2.24) is 0 Å². The van der Waals surface area contributed by atoms with Crippen LogP contribution in [0.1, 0.15) is 10.4 Å². The van der Waals surface area contributed by atoms with Crippen molar-refractivity contribution in [1.29, 1.82) is 10.5 Å². The zero-order valence-electron chi connectivity index (χ0n) is 8.61. The number of aromatic carboxylic acids is 1. The van der Waals surface area contributed by atoms with Crippen molar-refractivity contribution in [2.24, 2.45) is 5.10 Å². The molecule has 0 fully saturated rings. The van der Waals surface area contributed by atoms with E-state index in [0.29, 0.717) is 0 Å². The minimum Gasteiger partial charge on any atom is -0.478 e. The highest BCUT2D eigenvalue weighted by Gasteiger charge is 2.16. The van der Waals surface area contributed by atoms with Crippen molar-refractivity contribution in [3.8, 4) is 12.1 Å². The van der Waals surface area contributed by atoms with Crippen LogP contribution in [0.25, 0.3) is 0 Å². The van der Waals surface area contributed by atoms with Gasteiger partial charge in [0.2, 0.25) is 5.71 Å². The molecule has 0 heterocycles. The van der Waals surface area contributed by atoms with Crippen LogP contribution in [0.5, 0.6) is 0 Å². The van der Waals surface area contributed by atoms with Crippen LogP contribution in [0.3, 0.4) is 0 Å². The second kappa shape index (κ2) is 5.93. The number of nitrogens with zero attached hydrogens (tertiary/aromatic N) is 3. The number of benzene rings is 1. The number of nitrogens with one attached hydrogen (secondary N) is 1. The van der Waals surface area contributed by atoms with Crippen LogP contribution in [0.4, 0.5) is 10.1 Å². The fraction of sp³-hybridized carbons (Fsp3) is 0. The van der Waals surface area contributed by atoms with Gasteiger partial charge in [0.05, 0.1) is 9.13 Å². The van der Waals surface area contributed by atoms with Gasteiger partial charge in [-0.1, -0.05) is 0 Å². The molecular formula is C10H4FIN4O2. The molecule has 0 spiro atoms. The number of hydrazone groups is 1. The molecule has 90 valence electrons. The molecule has 0 amide bonds. The van der Waals surface area contributed by atoms with E-state index in [1.54, 1.807) is 22.6 Å². The summed E-state index contributed by atoms with van der Waals surface area (Å²) in [6.07, 6.45) is 0. The van der Waals surface area contributed by atoms with Gasteiger partial charge in [-0.15, -0.1) is 0 Å². The Hall–Kier alpha value is -2.20. The van der Waals surface area contributed by atoms with Crippen LogP contribution >= 0.6 is 22.6 Å². The average molecular weight is 358 g/mol. The molecule has 0 unspecified atom stereocenters. The molecule has 0 aromatic heterocycles. The largest absolute Gasteiger partial charge is 0.478 e. The molecule has 0 radical (unpaired) electrons. The first-order valence-corrected chi connectivity index (χ1v) is 5.44. The Labute approximate surface area is 114 Å². The summed E-state index contributed by atoms with van der Waals surface area (Å²) < 4.78 is 13.9. The molecule has 0 saturated carbocycles. The summed E-state index contributed by atoms with van der Waals surface area (Å²) >= 11 is 1.68. The van der Waals surface area contributed by atoms with Gasteiger partial charge in [-0.25, -0.2) is 9.18 Å². The molecule has 8 heteroatoms. The minimum absolute atomic E-state index is 0.186. The lowest BCUT2D eigenvalue weighted by atomic mass is 10.2. The maximum absolute atomic E-state index is 13.7. The van der Waals surface area contributed by atoms with Crippen molar-refractivity contribution in [2.75, 3.05) is 5.43 Å². The summed E-state index contributed by atoms with van der Waals surface area (Å²) in [4.78, 5) is 10.9. The number of rotatable bonds is 3. The van der Waals surface area contributed by atoms with Crippen LogP contribution in [0.15, 0.2) is 17.2 Å². The van der Waals surface area contributed by atoms with E-state index in [4.69, 9.17) is 15.6 Å². The first-order chi connectivity index (χ1) is 8.51. The summed E-state index contributed by atoms with van der Waals surface area (Å²) in [6.45, 7) is 0. The van der Waals surface area contributed by atoms with Gasteiger partial charge in [-0.05, 0) is 34.7 Å². The number of carboxylic acids is 1. The molecule has 1 aromatic carbocycles. The number of hydrogen-bond donors (Lipinski definition) is 2. The zero-order chi connectivity index (χ0) is 13.7. The summed E-state index contributed by atoms with van der Waals surface area (Å²) in [5.41, 5.74) is 0.818. The van der Waals surface area contributed by atoms with E-state index in [0.717, 1.165) is 0 Å². The molecule has 0 saturated heterocycles. The van der Waals surface area contributed by atoms with E-state index >= 15 is 0 Å². The first-order valence-electron chi connectivity index (χ1n) is 4.36. The number of halogens is 2. The normalized spacial score (nSPS) is 8.89. The molecule has 0 aliphatic rings. The third kappa shape index (κ3) is 2.93. The highest BCUT2D eigenvalue weighted by Crippen LogP contribution is 2.24. The van der Waals surface area contributed by atoms with Crippen molar-refractivity contribution >= 4 is 40.0 Å². The van der Waals surface area contributed by atoms with Gasteiger partial charge in [0.1, 0.15) is 17.8 Å². The van der Waals surface area contributed by atoms with E-state index in [1.165, 1.54) is 24.3 Å². The third-order valence-electron chi connectivity index (χ3n) is 1.82. The molecule has 6 nitrogen and oxygen atoms in total. The molecule has 1 rings (SSSR count). The molecule has 1 aromatic rings. The van der Waals surface area contributed by atoms with E-state index in [9.17, 15) is 9.18 Å². The maximum atomic E-state index is 13.7. The topological polar surface area (TPSA) is 109 Å². The van der Waals surface area contributed by atoms with Crippen molar-refractivity contribution in [2.45, 2.75) is 0 Å². The molecule has 0 aliphatic heterocycles. The van der Waals surface area contributed by atoms with E-state index < -0.39 is 23.2 Å². The number of carbonyl (C=O) groups is 1. The van der Waals surface area contributed by atoms with Crippen molar-refractivity contribution in [3.63, 3.8) is 0 Å². The lowest BCUT2D eigenvalue weighted by Gasteiger charge is -2.07. The number of anilines is 1. The fourth-order valence-electron chi connectivity index (χ4n) is 1.02. The molecule has 0 bridgehead atoms.